The third-order valence-corrected chi connectivity index (χ3v) is 1.38. The van der Waals surface area contributed by atoms with Crippen LogP contribution in [0.5, 0.6) is 0 Å². The van der Waals surface area contributed by atoms with Crippen molar-refractivity contribution in [3.63, 3.8) is 0 Å². The molecule has 1 amide bonds. The zero-order valence-corrected chi connectivity index (χ0v) is 6.00. The highest BCUT2D eigenvalue weighted by atomic mass is 16.4. The average molecular weight is 156 g/mol. The summed E-state index contributed by atoms with van der Waals surface area (Å²) >= 11 is 0. The van der Waals surface area contributed by atoms with Gasteiger partial charge >= 0.3 is 5.97 Å². The molecule has 0 atom stereocenters. The monoisotopic (exact) mass is 156 g/mol. The lowest BCUT2D eigenvalue weighted by atomic mass is 10.3. The van der Waals surface area contributed by atoms with Gasteiger partial charge in [0.1, 0.15) is 5.70 Å². The quantitative estimate of drug-likeness (QED) is 0.509. The van der Waals surface area contributed by atoms with Gasteiger partial charge in [0.05, 0.1) is 6.67 Å². The number of nitrogens with one attached hydrogen (secondary N) is 1. The van der Waals surface area contributed by atoms with E-state index in [0.29, 0.717) is 0 Å². The molecule has 0 aromatic carbocycles. The molecular weight excluding hydrogens is 148 g/mol. The lowest BCUT2D eigenvalue weighted by Crippen LogP contribution is -2.41. The summed E-state index contributed by atoms with van der Waals surface area (Å²) in [7, 11) is 1.59. The number of rotatable bonds is 1. The first-order chi connectivity index (χ1) is 5.11. The van der Waals surface area contributed by atoms with E-state index in [1.807, 2.05) is 0 Å². The van der Waals surface area contributed by atoms with Gasteiger partial charge in [-0.2, -0.15) is 0 Å². The number of carbonyl (C=O) groups is 2. The highest BCUT2D eigenvalue weighted by Crippen LogP contribution is 1.98. The van der Waals surface area contributed by atoms with Gasteiger partial charge in [0.25, 0.3) is 0 Å². The van der Waals surface area contributed by atoms with E-state index in [9.17, 15) is 9.59 Å². The number of amides is 1. The highest BCUT2D eigenvalue weighted by Gasteiger charge is 2.17. The number of aliphatic carboxylic acids is 1. The second-order valence-corrected chi connectivity index (χ2v) is 2.23. The molecule has 0 spiro atoms. The van der Waals surface area contributed by atoms with Gasteiger partial charge in [0.15, 0.2) is 0 Å². The molecule has 0 saturated heterocycles. The predicted molar refractivity (Wildman–Crippen MR) is 36.5 cm³/mol. The molecule has 2 N–H and O–H groups in total. The number of hydrogen-bond acceptors (Lipinski definition) is 3. The SMILES string of the molecule is CN1CNC(C(=O)O)=CC1=O. The van der Waals surface area contributed by atoms with E-state index < -0.39 is 5.97 Å². The van der Waals surface area contributed by atoms with Gasteiger partial charge in [-0.15, -0.1) is 0 Å². The fourth-order valence-corrected chi connectivity index (χ4v) is 0.704. The van der Waals surface area contributed by atoms with Crippen LogP contribution in [0.2, 0.25) is 0 Å². The lowest BCUT2D eigenvalue weighted by Gasteiger charge is -2.21. The Morgan fingerprint density at radius 2 is 2.45 bits per heavy atom. The first kappa shape index (κ1) is 7.59. The molecule has 5 heteroatoms. The number of hydrogen-bond donors (Lipinski definition) is 2. The Morgan fingerprint density at radius 3 is 2.91 bits per heavy atom. The van der Waals surface area contributed by atoms with Crippen LogP contribution in [0.25, 0.3) is 0 Å². The minimum absolute atomic E-state index is 0.0481. The summed E-state index contributed by atoms with van der Waals surface area (Å²) in [6, 6.07) is 0. The van der Waals surface area contributed by atoms with Gasteiger partial charge in [-0.25, -0.2) is 4.79 Å². The van der Waals surface area contributed by atoms with Gasteiger partial charge in [-0.3, -0.25) is 4.79 Å². The Balaban J connectivity index is 2.79. The summed E-state index contributed by atoms with van der Waals surface area (Å²) in [5, 5.41) is 11.0. The first-order valence-corrected chi connectivity index (χ1v) is 3.05. The van der Waals surface area contributed by atoms with E-state index in [-0.39, 0.29) is 18.3 Å². The van der Waals surface area contributed by atoms with Crippen molar-refractivity contribution in [2.24, 2.45) is 0 Å². The molecule has 60 valence electrons. The van der Waals surface area contributed by atoms with Crippen molar-refractivity contribution < 1.29 is 14.7 Å². The van der Waals surface area contributed by atoms with Gasteiger partial charge in [-0.1, -0.05) is 0 Å². The van der Waals surface area contributed by atoms with E-state index in [1.165, 1.54) is 4.90 Å². The van der Waals surface area contributed by atoms with Gasteiger partial charge in [0.2, 0.25) is 5.91 Å². The number of nitrogens with zero attached hydrogens (tertiary/aromatic N) is 1. The molecule has 1 rings (SSSR count). The number of likely N-dealkylation sites (N-methyl/N-ethyl adjacent to an activating group) is 1. The summed E-state index contributed by atoms with van der Waals surface area (Å²) in [6.07, 6.45) is 1.06. The molecule has 0 aromatic heterocycles. The van der Waals surface area contributed by atoms with Gasteiger partial charge < -0.3 is 15.3 Å². The van der Waals surface area contributed by atoms with Gasteiger partial charge in [0, 0.05) is 13.1 Å². The largest absolute Gasteiger partial charge is 0.477 e. The third-order valence-electron chi connectivity index (χ3n) is 1.38. The molecule has 5 nitrogen and oxygen atoms in total. The molecule has 0 aromatic rings. The molecule has 0 bridgehead atoms. The molecule has 1 heterocycles. The molecule has 0 saturated carbocycles. The van der Waals surface area contributed by atoms with Crippen LogP contribution in [0.15, 0.2) is 11.8 Å². The van der Waals surface area contributed by atoms with E-state index >= 15 is 0 Å². The topological polar surface area (TPSA) is 69.6 Å². The Morgan fingerprint density at radius 1 is 1.82 bits per heavy atom. The van der Waals surface area contributed by atoms with Crippen molar-refractivity contribution in [3.8, 4) is 0 Å². The van der Waals surface area contributed by atoms with E-state index in [0.717, 1.165) is 6.08 Å². The molecular formula is C6H8N2O3. The third kappa shape index (κ3) is 1.49. The van der Waals surface area contributed by atoms with Crippen molar-refractivity contribution in [2.75, 3.05) is 13.7 Å². The minimum Gasteiger partial charge on any atom is -0.477 e. The van der Waals surface area contributed by atoms with E-state index in [4.69, 9.17) is 5.11 Å². The normalized spacial score (nSPS) is 17.4. The molecule has 11 heavy (non-hydrogen) atoms. The number of carbonyl (C=O) groups excluding carboxylic acids is 1. The zero-order chi connectivity index (χ0) is 8.43. The summed E-state index contributed by atoms with van der Waals surface area (Å²) in [5.74, 6) is -1.40. The Bertz CT molecular complexity index is 234. The fourth-order valence-electron chi connectivity index (χ4n) is 0.704. The van der Waals surface area contributed by atoms with Crippen molar-refractivity contribution >= 4 is 11.9 Å². The number of carboxylic acids is 1. The van der Waals surface area contributed by atoms with Crippen LogP contribution < -0.4 is 5.32 Å². The predicted octanol–water partition coefficient (Wildman–Crippen LogP) is -1.03. The second-order valence-electron chi connectivity index (χ2n) is 2.23. The molecule has 1 aliphatic heterocycles. The Kier molecular flexibility index (Phi) is 1.80. The fraction of sp³-hybridized carbons (Fsp3) is 0.333. The number of carboxylic acid groups (broad SMARTS) is 1. The van der Waals surface area contributed by atoms with Crippen LogP contribution in [-0.2, 0) is 9.59 Å². The maximum Gasteiger partial charge on any atom is 0.352 e. The maximum atomic E-state index is 10.9. The Labute approximate surface area is 63.3 Å². The van der Waals surface area contributed by atoms with Crippen LogP contribution in [0.1, 0.15) is 0 Å². The van der Waals surface area contributed by atoms with Crippen LogP contribution in [0.4, 0.5) is 0 Å². The van der Waals surface area contributed by atoms with Gasteiger partial charge in [-0.05, 0) is 0 Å². The molecule has 1 aliphatic rings. The van der Waals surface area contributed by atoms with Crippen LogP contribution >= 0.6 is 0 Å². The van der Waals surface area contributed by atoms with Crippen molar-refractivity contribution in [2.45, 2.75) is 0 Å². The van der Waals surface area contributed by atoms with E-state index in [1.54, 1.807) is 7.05 Å². The summed E-state index contributed by atoms with van der Waals surface area (Å²) in [6.45, 7) is 0.247. The molecule has 0 fully saturated rings. The standard InChI is InChI=1S/C6H8N2O3/c1-8-3-7-4(6(10)11)2-5(8)9/h2,7H,3H2,1H3,(H,10,11). The van der Waals surface area contributed by atoms with Crippen LogP contribution in [-0.4, -0.2) is 35.6 Å². The Hall–Kier alpha value is -1.52. The summed E-state index contributed by atoms with van der Waals surface area (Å²) < 4.78 is 0. The zero-order valence-electron chi connectivity index (χ0n) is 6.00. The van der Waals surface area contributed by atoms with Crippen molar-refractivity contribution in [3.05, 3.63) is 11.8 Å². The summed E-state index contributed by atoms with van der Waals surface area (Å²) in [5.41, 5.74) is -0.0481. The lowest BCUT2D eigenvalue weighted by molar-refractivity contribution is -0.135. The van der Waals surface area contributed by atoms with Crippen molar-refractivity contribution in [1.82, 2.24) is 10.2 Å². The maximum absolute atomic E-state index is 10.9. The van der Waals surface area contributed by atoms with Crippen LogP contribution in [0.3, 0.4) is 0 Å². The highest BCUT2D eigenvalue weighted by molar-refractivity contribution is 5.98. The van der Waals surface area contributed by atoms with Crippen LogP contribution in [0, 0.1) is 0 Å². The minimum atomic E-state index is -1.11. The van der Waals surface area contributed by atoms with E-state index in [2.05, 4.69) is 5.32 Å². The average Bonchev–Trinajstić information content (AvgIpc) is 1.94. The second kappa shape index (κ2) is 2.61. The first-order valence-electron chi connectivity index (χ1n) is 3.05. The van der Waals surface area contributed by atoms with Crippen molar-refractivity contribution in [1.29, 1.82) is 0 Å². The smallest absolute Gasteiger partial charge is 0.352 e. The summed E-state index contributed by atoms with van der Waals surface area (Å²) in [4.78, 5) is 22.5. The molecule has 0 radical (unpaired) electrons. The molecule has 0 aliphatic carbocycles. The molecule has 0 unspecified atom stereocenters.